The average Bonchev–Trinajstić information content (AvgIpc) is 2.72. The van der Waals surface area contributed by atoms with Crippen molar-refractivity contribution in [3.8, 4) is 6.07 Å². The van der Waals surface area contributed by atoms with Gasteiger partial charge in [0.25, 0.3) is 0 Å². The Kier molecular flexibility index (Phi) is 2.39. The molecule has 0 saturated carbocycles. The van der Waals surface area contributed by atoms with Crippen LogP contribution in [0.2, 0.25) is 0 Å². The number of likely N-dealkylation sites (tertiary alicyclic amines) is 1. The second kappa shape index (κ2) is 3.58. The molecule has 80 valence electrons. The molecular formula is C11H15N3O. The van der Waals surface area contributed by atoms with Gasteiger partial charge in [0.15, 0.2) is 0 Å². The minimum Gasteiger partial charge on any atom is -0.331 e. The van der Waals surface area contributed by atoms with E-state index in [0.717, 1.165) is 25.1 Å². The maximum Gasteiger partial charge on any atom is 0.319 e. The van der Waals surface area contributed by atoms with Crippen LogP contribution in [0.25, 0.3) is 0 Å². The third kappa shape index (κ3) is 1.70. The number of hydrogen-bond acceptors (Lipinski definition) is 2. The lowest BCUT2D eigenvalue weighted by Crippen LogP contribution is -2.38. The minimum absolute atomic E-state index is 0.0799. The minimum atomic E-state index is 0.0799. The lowest BCUT2D eigenvalue weighted by atomic mass is 10.00. The van der Waals surface area contributed by atoms with Crippen molar-refractivity contribution >= 4 is 6.03 Å². The number of nitrogens with zero attached hydrogens (tertiary/aromatic N) is 3. The van der Waals surface area contributed by atoms with Gasteiger partial charge in [-0.1, -0.05) is 6.08 Å². The fourth-order valence-corrected chi connectivity index (χ4v) is 2.43. The number of fused-ring (bicyclic) bond motifs is 1. The fourth-order valence-electron chi connectivity index (χ4n) is 2.43. The molecule has 2 aliphatic rings. The maximum atomic E-state index is 11.7. The highest BCUT2D eigenvalue weighted by Gasteiger charge is 2.38. The number of rotatable bonds is 0. The highest BCUT2D eigenvalue weighted by molar-refractivity contribution is 5.74. The molecule has 1 heterocycles. The van der Waals surface area contributed by atoms with Gasteiger partial charge in [-0.05, 0) is 12.3 Å². The van der Waals surface area contributed by atoms with Gasteiger partial charge >= 0.3 is 6.03 Å². The van der Waals surface area contributed by atoms with Gasteiger partial charge in [0.1, 0.15) is 0 Å². The summed E-state index contributed by atoms with van der Waals surface area (Å²) in [7, 11) is 3.54. The second-order valence-corrected chi connectivity index (χ2v) is 4.51. The molecule has 2 amide bonds. The Bertz CT molecular complexity index is 353. The Hall–Kier alpha value is -1.50. The smallest absolute Gasteiger partial charge is 0.319 e. The quantitative estimate of drug-likeness (QED) is 0.594. The van der Waals surface area contributed by atoms with Crippen LogP contribution in [0.5, 0.6) is 0 Å². The molecule has 0 N–H and O–H groups in total. The van der Waals surface area contributed by atoms with Crippen molar-refractivity contribution in [3.05, 3.63) is 11.6 Å². The Morgan fingerprint density at radius 3 is 2.87 bits per heavy atom. The van der Waals surface area contributed by atoms with Crippen molar-refractivity contribution in [2.75, 3.05) is 27.2 Å². The van der Waals surface area contributed by atoms with Gasteiger partial charge in [0, 0.05) is 38.7 Å². The predicted molar refractivity (Wildman–Crippen MR) is 55.9 cm³/mol. The van der Waals surface area contributed by atoms with Crippen LogP contribution in [0.1, 0.15) is 6.42 Å². The second-order valence-electron chi connectivity index (χ2n) is 4.51. The third-order valence-corrected chi connectivity index (χ3v) is 3.19. The van der Waals surface area contributed by atoms with E-state index in [-0.39, 0.29) is 6.03 Å². The molecule has 4 heteroatoms. The Labute approximate surface area is 89.8 Å². The molecule has 0 aromatic rings. The largest absolute Gasteiger partial charge is 0.331 e. The fraction of sp³-hybridized carbons (Fsp3) is 0.636. The molecule has 1 saturated heterocycles. The average molecular weight is 205 g/mol. The summed E-state index contributed by atoms with van der Waals surface area (Å²) in [5.74, 6) is 0.882. The van der Waals surface area contributed by atoms with Crippen LogP contribution in [-0.4, -0.2) is 43.0 Å². The van der Waals surface area contributed by atoms with Gasteiger partial charge in [-0.2, -0.15) is 5.26 Å². The van der Waals surface area contributed by atoms with E-state index in [2.05, 4.69) is 6.07 Å². The standard InChI is InChI=1S/C11H15N3O/c1-13(2)11(15)14-6-9-3-8(5-12)4-10(9)7-14/h3,9-10H,4,6-7H2,1-2H3. The summed E-state index contributed by atoms with van der Waals surface area (Å²) in [4.78, 5) is 15.2. The van der Waals surface area contributed by atoms with Gasteiger partial charge in [0.05, 0.1) is 6.07 Å². The molecule has 4 nitrogen and oxygen atoms in total. The number of carbonyl (C=O) groups excluding carboxylic acids is 1. The highest BCUT2D eigenvalue weighted by atomic mass is 16.2. The van der Waals surface area contributed by atoms with Crippen LogP contribution in [0, 0.1) is 23.2 Å². The first kappa shape index (κ1) is 10.0. The van der Waals surface area contributed by atoms with E-state index in [0.29, 0.717) is 11.8 Å². The monoisotopic (exact) mass is 205 g/mol. The number of amides is 2. The highest BCUT2D eigenvalue weighted by Crippen LogP contribution is 2.36. The predicted octanol–water partition coefficient (Wildman–Crippen LogP) is 1.07. The third-order valence-electron chi connectivity index (χ3n) is 3.19. The van der Waals surface area contributed by atoms with E-state index >= 15 is 0 Å². The molecule has 0 bridgehead atoms. The number of urea groups is 1. The topological polar surface area (TPSA) is 47.3 Å². The normalized spacial score (nSPS) is 28.3. The van der Waals surface area contributed by atoms with Crippen molar-refractivity contribution in [2.45, 2.75) is 6.42 Å². The van der Waals surface area contributed by atoms with Crippen molar-refractivity contribution in [1.29, 1.82) is 5.26 Å². The molecule has 2 rings (SSSR count). The molecule has 2 atom stereocenters. The van der Waals surface area contributed by atoms with Crippen molar-refractivity contribution in [1.82, 2.24) is 9.80 Å². The summed E-state index contributed by atoms with van der Waals surface area (Å²) in [6.45, 7) is 1.57. The van der Waals surface area contributed by atoms with E-state index in [9.17, 15) is 4.79 Å². The molecule has 2 unspecified atom stereocenters. The molecule has 1 aliphatic heterocycles. The van der Waals surface area contributed by atoms with Crippen molar-refractivity contribution in [2.24, 2.45) is 11.8 Å². The van der Waals surface area contributed by atoms with Crippen LogP contribution in [-0.2, 0) is 0 Å². The van der Waals surface area contributed by atoms with Gasteiger partial charge in [0.2, 0.25) is 0 Å². The molecule has 1 aliphatic carbocycles. The summed E-state index contributed by atoms with van der Waals surface area (Å²) < 4.78 is 0. The summed E-state index contributed by atoms with van der Waals surface area (Å²) >= 11 is 0. The van der Waals surface area contributed by atoms with Gasteiger partial charge in [-0.25, -0.2) is 4.79 Å². The van der Waals surface area contributed by atoms with E-state index in [1.54, 1.807) is 19.0 Å². The zero-order valence-electron chi connectivity index (χ0n) is 9.10. The Morgan fingerprint density at radius 1 is 1.60 bits per heavy atom. The lowest BCUT2D eigenvalue weighted by molar-refractivity contribution is 0.179. The summed E-state index contributed by atoms with van der Waals surface area (Å²) in [6, 6.07) is 2.29. The number of allylic oxidation sites excluding steroid dienone is 1. The first-order chi connectivity index (χ1) is 7.11. The molecule has 0 aromatic heterocycles. The van der Waals surface area contributed by atoms with Crippen LogP contribution < -0.4 is 0 Å². The number of carbonyl (C=O) groups is 1. The lowest BCUT2D eigenvalue weighted by Gasteiger charge is -2.21. The number of nitriles is 1. The molecule has 15 heavy (non-hydrogen) atoms. The van der Waals surface area contributed by atoms with E-state index < -0.39 is 0 Å². The Balaban J connectivity index is 2.02. The van der Waals surface area contributed by atoms with Crippen molar-refractivity contribution < 1.29 is 4.79 Å². The Morgan fingerprint density at radius 2 is 2.33 bits per heavy atom. The summed E-state index contributed by atoms with van der Waals surface area (Å²) in [6.07, 6.45) is 2.88. The molecular weight excluding hydrogens is 190 g/mol. The van der Waals surface area contributed by atoms with E-state index in [4.69, 9.17) is 5.26 Å². The van der Waals surface area contributed by atoms with E-state index in [1.165, 1.54) is 0 Å². The first-order valence-electron chi connectivity index (χ1n) is 5.19. The van der Waals surface area contributed by atoms with Gasteiger partial charge in [-0.15, -0.1) is 0 Å². The zero-order chi connectivity index (χ0) is 11.0. The van der Waals surface area contributed by atoms with Gasteiger partial charge in [-0.3, -0.25) is 0 Å². The van der Waals surface area contributed by atoms with Gasteiger partial charge < -0.3 is 9.80 Å². The molecule has 1 fully saturated rings. The molecule has 0 spiro atoms. The SMILES string of the molecule is CN(C)C(=O)N1CC2C=C(C#N)CC2C1. The van der Waals surface area contributed by atoms with Crippen LogP contribution in [0.4, 0.5) is 4.79 Å². The van der Waals surface area contributed by atoms with Crippen LogP contribution >= 0.6 is 0 Å². The summed E-state index contributed by atoms with van der Waals surface area (Å²) in [5.41, 5.74) is 0.891. The number of hydrogen-bond donors (Lipinski definition) is 0. The van der Waals surface area contributed by atoms with Crippen LogP contribution in [0.3, 0.4) is 0 Å². The van der Waals surface area contributed by atoms with Crippen molar-refractivity contribution in [3.63, 3.8) is 0 Å². The van der Waals surface area contributed by atoms with E-state index in [1.807, 2.05) is 11.0 Å². The zero-order valence-corrected chi connectivity index (χ0v) is 9.10. The summed E-state index contributed by atoms with van der Waals surface area (Å²) in [5, 5.41) is 8.78. The molecule has 0 radical (unpaired) electrons. The molecule has 0 aromatic carbocycles. The maximum absolute atomic E-state index is 11.7. The first-order valence-corrected chi connectivity index (χ1v) is 5.19. The van der Waals surface area contributed by atoms with Crippen LogP contribution in [0.15, 0.2) is 11.6 Å².